The molecule has 0 aliphatic rings. The van der Waals surface area contributed by atoms with E-state index in [0.29, 0.717) is 22.0 Å². The summed E-state index contributed by atoms with van der Waals surface area (Å²) < 4.78 is 10.2. The van der Waals surface area contributed by atoms with E-state index in [1.165, 1.54) is 0 Å². The van der Waals surface area contributed by atoms with Crippen LogP contribution in [-0.4, -0.2) is 34.6 Å². The largest absolute Gasteiger partial charge is 0.479 e. The van der Waals surface area contributed by atoms with E-state index in [4.69, 9.17) is 27.5 Å². The Kier molecular flexibility index (Phi) is 4.80. The average molecular weight is 306 g/mol. The first-order valence-corrected chi connectivity index (χ1v) is 6.49. The summed E-state index contributed by atoms with van der Waals surface area (Å²) in [6.45, 7) is 2.09. The molecule has 0 amide bonds. The second-order valence-electron chi connectivity index (χ2n) is 3.88. The second kappa shape index (κ2) is 6.77. The summed E-state index contributed by atoms with van der Waals surface area (Å²) in [5.74, 6) is 2.26. The molecule has 6 nitrogen and oxygen atoms in total. The summed E-state index contributed by atoms with van der Waals surface area (Å²) >= 11 is 6.11. The highest BCUT2D eigenvalue weighted by atomic mass is 35.5. The van der Waals surface area contributed by atoms with Gasteiger partial charge in [0.1, 0.15) is 18.1 Å². The quantitative estimate of drug-likeness (QED) is 0.677. The lowest BCUT2D eigenvalue weighted by atomic mass is 10.1. The average Bonchev–Trinajstić information content (AvgIpc) is 2.95. The van der Waals surface area contributed by atoms with Gasteiger partial charge in [-0.1, -0.05) is 17.5 Å². The fourth-order valence-electron chi connectivity index (χ4n) is 1.66. The van der Waals surface area contributed by atoms with Gasteiger partial charge in [0.05, 0.1) is 11.6 Å². The molecule has 7 heteroatoms. The molecule has 1 aromatic heterocycles. The number of carbonyl (C=O) groups excluding carboxylic acids is 1. The minimum Gasteiger partial charge on any atom is -0.479 e. The highest BCUT2D eigenvalue weighted by Gasteiger charge is 2.19. The van der Waals surface area contributed by atoms with Crippen molar-refractivity contribution in [2.24, 2.45) is 0 Å². The Morgan fingerprint density at radius 3 is 2.95 bits per heavy atom. The number of rotatable bonds is 5. The molecule has 0 spiro atoms. The summed E-state index contributed by atoms with van der Waals surface area (Å²) in [4.78, 5) is 11.8. The summed E-state index contributed by atoms with van der Waals surface area (Å²) in [6.07, 6.45) is 5.12. The van der Waals surface area contributed by atoms with Crippen LogP contribution in [0.15, 0.2) is 18.2 Å². The molecule has 0 fully saturated rings. The highest BCUT2D eigenvalue weighted by molar-refractivity contribution is 6.32. The topological polar surface area (TPSA) is 77.1 Å². The number of terminal acetylenes is 1. The van der Waals surface area contributed by atoms with Crippen molar-refractivity contribution in [1.82, 2.24) is 15.4 Å². The molecule has 0 saturated carbocycles. The van der Waals surface area contributed by atoms with Gasteiger partial charge in [-0.15, -0.1) is 11.5 Å². The Morgan fingerprint density at radius 1 is 1.48 bits per heavy atom. The fraction of sp³-hybridized carbons (Fsp3) is 0.214. The van der Waals surface area contributed by atoms with Gasteiger partial charge in [0, 0.05) is 5.56 Å². The minimum atomic E-state index is -0.551. The maximum atomic E-state index is 11.8. The van der Waals surface area contributed by atoms with Crippen LogP contribution < -0.4 is 4.74 Å². The zero-order valence-electron chi connectivity index (χ0n) is 11.2. The van der Waals surface area contributed by atoms with E-state index in [0.717, 1.165) is 0 Å². The zero-order valence-corrected chi connectivity index (χ0v) is 12.0. The molecule has 0 aliphatic heterocycles. The molecular weight excluding hydrogens is 294 g/mol. The van der Waals surface area contributed by atoms with Crippen molar-refractivity contribution in [2.45, 2.75) is 6.92 Å². The van der Waals surface area contributed by atoms with Crippen LogP contribution in [0.2, 0.25) is 5.02 Å². The summed E-state index contributed by atoms with van der Waals surface area (Å²) in [7, 11) is 0. The SMILES string of the molecule is C#CCOc1ccc(-c2n[nH]nc2C(=O)OCC)cc1Cl. The van der Waals surface area contributed by atoms with Gasteiger partial charge in [-0.25, -0.2) is 4.79 Å². The van der Waals surface area contributed by atoms with Gasteiger partial charge in [0.15, 0.2) is 5.69 Å². The van der Waals surface area contributed by atoms with Crippen molar-refractivity contribution >= 4 is 17.6 Å². The van der Waals surface area contributed by atoms with Gasteiger partial charge in [-0.3, -0.25) is 0 Å². The van der Waals surface area contributed by atoms with Crippen LogP contribution in [0.5, 0.6) is 5.75 Å². The maximum Gasteiger partial charge on any atom is 0.361 e. The number of nitrogens with zero attached hydrogens (tertiary/aromatic N) is 2. The molecule has 0 unspecified atom stereocenters. The second-order valence-corrected chi connectivity index (χ2v) is 4.29. The van der Waals surface area contributed by atoms with Gasteiger partial charge >= 0.3 is 5.97 Å². The number of hydrogen-bond donors (Lipinski definition) is 1. The summed E-state index contributed by atoms with van der Waals surface area (Å²) in [5.41, 5.74) is 1.08. The summed E-state index contributed by atoms with van der Waals surface area (Å²) in [5, 5.41) is 10.5. The van der Waals surface area contributed by atoms with E-state index < -0.39 is 5.97 Å². The Morgan fingerprint density at radius 2 is 2.29 bits per heavy atom. The first-order valence-electron chi connectivity index (χ1n) is 6.11. The van der Waals surface area contributed by atoms with Crippen LogP contribution in [0.1, 0.15) is 17.4 Å². The number of aromatic nitrogens is 3. The molecule has 2 rings (SSSR count). The number of hydrogen-bond acceptors (Lipinski definition) is 5. The van der Waals surface area contributed by atoms with Crippen LogP contribution in [0.4, 0.5) is 0 Å². The molecule has 0 aliphatic carbocycles. The minimum absolute atomic E-state index is 0.102. The third-order valence-corrected chi connectivity index (χ3v) is 2.83. The van der Waals surface area contributed by atoms with E-state index in [1.807, 2.05) is 0 Å². The number of halogens is 1. The van der Waals surface area contributed by atoms with Crippen molar-refractivity contribution < 1.29 is 14.3 Å². The van der Waals surface area contributed by atoms with Gasteiger partial charge in [-0.2, -0.15) is 10.3 Å². The van der Waals surface area contributed by atoms with Crippen LogP contribution in [0.3, 0.4) is 0 Å². The molecule has 2 aromatic rings. The maximum absolute atomic E-state index is 11.8. The van der Waals surface area contributed by atoms with E-state index in [2.05, 4.69) is 21.3 Å². The molecule has 1 N–H and O–H groups in total. The Balaban J connectivity index is 2.31. The van der Waals surface area contributed by atoms with Gasteiger partial charge < -0.3 is 9.47 Å². The molecule has 1 aromatic carbocycles. The fourth-order valence-corrected chi connectivity index (χ4v) is 1.89. The van der Waals surface area contributed by atoms with Gasteiger partial charge in [0.2, 0.25) is 0 Å². The van der Waals surface area contributed by atoms with Gasteiger partial charge in [-0.05, 0) is 25.1 Å². The standard InChI is InChI=1S/C14H12ClN3O3/c1-3-7-21-11-6-5-9(8-10(11)15)12-13(17-18-16-12)14(19)20-4-2/h1,5-6,8H,4,7H2,2H3,(H,16,17,18). The number of esters is 1. The molecule has 108 valence electrons. The lowest BCUT2D eigenvalue weighted by molar-refractivity contribution is 0.0520. The first-order chi connectivity index (χ1) is 10.2. The third kappa shape index (κ3) is 3.33. The van der Waals surface area contributed by atoms with E-state index in [-0.39, 0.29) is 18.9 Å². The van der Waals surface area contributed by atoms with Crippen molar-refractivity contribution in [2.75, 3.05) is 13.2 Å². The Bertz CT molecular complexity index is 691. The number of benzene rings is 1. The van der Waals surface area contributed by atoms with Crippen molar-refractivity contribution in [3.05, 3.63) is 28.9 Å². The molecule has 1 heterocycles. The van der Waals surface area contributed by atoms with Crippen molar-refractivity contribution in [3.63, 3.8) is 0 Å². The Hall–Kier alpha value is -2.52. The number of aromatic amines is 1. The van der Waals surface area contributed by atoms with Crippen LogP contribution in [-0.2, 0) is 4.74 Å². The van der Waals surface area contributed by atoms with Crippen LogP contribution in [0.25, 0.3) is 11.3 Å². The lowest BCUT2D eigenvalue weighted by Gasteiger charge is -2.06. The Labute approximate surface area is 126 Å². The number of ether oxygens (including phenoxy) is 2. The number of carbonyl (C=O) groups is 1. The monoisotopic (exact) mass is 305 g/mol. The van der Waals surface area contributed by atoms with E-state index in [9.17, 15) is 4.79 Å². The smallest absolute Gasteiger partial charge is 0.361 e. The van der Waals surface area contributed by atoms with E-state index >= 15 is 0 Å². The molecule has 0 radical (unpaired) electrons. The van der Waals surface area contributed by atoms with Crippen molar-refractivity contribution in [1.29, 1.82) is 0 Å². The normalized spacial score (nSPS) is 9.95. The first kappa shape index (κ1) is 14.9. The highest BCUT2D eigenvalue weighted by Crippen LogP contribution is 2.30. The molecule has 0 bridgehead atoms. The van der Waals surface area contributed by atoms with Gasteiger partial charge in [0.25, 0.3) is 0 Å². The lowest BCUT2D eigenvalue weighted by Crippen LogP contribution is -2.06. The predicted octanol–water partition coefficient (Wildman–Crippen LogP) is 2.31. The van der Waals surface area contributed by atoms with E-state index in [1.54, 1.807) is 25.1 Å². The molecular formula is C14H12ClN3O3. The zero-order chi connectivity index (χ0) is 15.2. The molecule has 0 saturated heterocycles. The third-order valence-electron chi connectivity index (χ3n) is 2.53. The number of nitrogens with one attached hydrogen (secondary N) is 1. The molecule has 21 heavy (non-hydrogen) atoms. The molecule has 0 atom stereocenters. The number of H-pyrrole nitrogens is 1. The van der Waals surface area contributed by atoms with Crippen LogP contribution >= 0.6 is 11.6 Å². The van der Waals surface area contributed by atoms with Crippen LogP contribution in [0, 0.1) is 12.3 Å². The predicted molar refractivity (Wildman–Crippen MR) is 77.1 cm³/mol. The summed E-state index contributed by atoms with van der Waals surface area (Å²) in [6, 6.07) is 4.98. The van der Waals surface area contributed by atoms with Crippen molar-refractivity contribution in [3.8, 4) is 29.4 Å².